The fraction of sp³-hybridized carbons (Fsp3) is 0.367. The molecule has 3 aromatic carbocycles. The van der Waals surface area contributed by atoms with Gasteiger partial charge in [0.2, 0.25) is 0 Å². The molecule has 0 radical (unpaired) electrons. The smallest absolute Gasteiger partial charge is 0.405 e. The number of hydrogen-bond donors (Lipinski definition) is 0. The second-order valence-corrected chi connectivity index (χ2v) is 10.0. The number of nitrogens with zero attached hydrogens (tertiary/aromatic N) is 3. The molecule has 6 heteroatoms. The number of hydrogen-bond acceptors (Lipinski definition) is 5. The molecule has 1 saturated heterocycles. The maximum atomic E-state index is 12.6. The summed E-state index contributed by atoms with van der Waals surface area (Å²) in [6.07, 6.45) is 3.75. The van der Waals surface area contributed by atoms with Crippen molar-refractivity contribution in [1.29, 1.82) is 0 Å². The molecule has 0 amide bonds. The summed E-state index contributed by atoms with van der Waals surface area (Å²) in [7, 11) is 0. The van der Waals surface area contributed by atoms with E-state index >= 15 is 0 Å². The van der Waals surface area contributed by atoms with Crippen molar-refractivity contribution in [2.45, 2.75) is 32.5 Å². The van der Waals surface area contributed by atoms with Crippen molar-refractivity contribution in [3.63, 3.8) is 0 Å². The molecule has 2 fully saturated rings. The molecule has 1 saturated carbocycles. The summed E-state index contributed by atoms with van der Waals surface area (Å²) in [6, 6.07) is 25.4. The minimum absolute atomic E-state index is 0.252. The number of piperazine rings is 1. The Morgan fingerprint density at radius 3 is 2.42 bits per heavy atom. The van der Waals surface area contributed by atoms with E-state index in [9.17, 15) is 4.79 Å². The molecular formula is C30H33N3O3. The molecule has 0 bridgehead atoms. The van der Waals surface area contributed by atoms with Gasteiger partial charge in [-0.15, -0.1) is 0 Å². The Balaban J connectivity index is 1.11. The first kappa shape index (κ1) is 23.1. The van der Waals surface area contributed by atoms with Crippen LogP contribution in [0, 0.1) is 5.92 Å². The van der Waals surface area contributed by atoms with Crippen molar-refractivity contribution in [2.24, 2.45) is 5.92 Å². The van der Waals surface area contributed by atoms with Crippen LogP contribution in [0.5, 0.6) is 0 Å². The highest BCUT2D eigenvalue weighted by atomic mass is 16.5. The third-order valence-electron chi connectivity index (χ3n) is 7.63. The Morgan fingerprint density at radius 1 is 0.861 bits per heavy atom. The van der Waals surface area contributed by atoms with Gasteiger partial charge in [-0.3, -0.25) is 4.90 Å². The summed E-state index contributed by atoms with van der Waals surface area (Å²) in [6.45, 7) is 5.61. The molecule has 0 atom stereocenters. The van der Waals surface area contributed by atoms with Crippen LogP contribution in [0.3, 0.4) is 0 Å². The Labute approximate surface area is 211 Å². The van der Waals surface area contributed by atoms with E-state index in [1.54, 1.807) is 4.57 Å². The summed E-state index contributed by atoms with van der Waals surface area (Å²) < 4.78 is 13.2. The lowest BCUT2D eigenvalue weighted by molar-refractivity contribution is 0.0275. The molecular weight excluding hydrogens is 450 g/mol. The number of fused-ring (bicyclic) bond motifs is 1. The topological polar surface area (TPSA) is 50.9 Å². The van der Waals surface area contributed by atoms with Crippen LogP contribution >= 0.6 is 0 Å². The number of ether oxygens (including phenoxy) is 1. The van der Waals surface area contributed by atoms with Crippen molar-refractivity contribution in [1.82, 2.24) is 9.47 Å². The monoisotopic (exact) mass is 483 g/mol. The van der Waals surface area contributed by atoms with Crippen molar-refractivity contribution < 1.29 is 9.15 Å². The lowest BCUT2D eigenvalue weighted by Gasteiger charge is -2.36. The van der Waals surface area contributed by atoms with Gasteiger partial charge >= 0.3 is 5.76 Å². The predicted octanol–water partition coefficient (Wildman–Crippen LogP) is 5.36. The second-order valence-electron chi connectivity index (χ2n) is 10.0. The van der Waals surface area contributed by atoms with E-state index in [-0.39, 0.29) is 12.5 Å². The summed E-state index contributed by atoms with van der Waals surface area (Å²) in [4.78, 5) is 17.4. The summed E-state index contributed by atoms with van der Waals surface area (Å²) >= 11 is 0. The van der Waals surface area contributed by atoms with Crippen molar-refractivity contribution >= 4 is 16.8 Å². The minimum atomic E-state index is -0.344. The van der Waals surface area contributed by atoms with Gasteiger partial charge in [0, 0.05) is 32.7 Å². The summed E-state index contributed by atoms with van der Waals surface area (Å²) in [5.74, 6) is 0.300. The van der Waals surface area contributed by atoms with Crippen LogP contribution in [0.1, 0.15) is 24.8 Å². The SMILES string of the molecule is O=c1oc2c(N3CCN(Cc4cccc(-c5ccccc5)c4)CC3)cccc2n1COCC1CCC1. The van der Waals surface area contributed by atoms with Crippen LogP contribution in [-0.2, 0) is 18.0 Å². The molecule has 4 aromatic rings. The van der Waals surface area contributed by atoms with Crippen molar-refractivity contribution in [3.05, 3.63) is 88.9 Å². The number of benzene rings is 3. The molecule has 0 spiro atoms. The Bertz CT molecular complexity index is 1370. The molecule has 1 aliphatic carbocycles. The zero-order chi connectivity index (χ0) is 24.3. The standard InChI is InChI=1S/C30H33N3O3/c34-30-33(22-35-21-23-7-4-8-23)28-14-6-13-27(29(28)36-30)32-17-15-31(16-18-32)20-24-9-5-12-26(19-24)25-10-2-1-3-11-25/h1-3,5-6,9-14,19,23H,4,7-8,15-18,20-22H2. The summed E-state index contributed by atoms with van der Waals surface area (Å²) in [5.41, 5.74) is 6.31. The Hall–Kier alpha value is -3.35. The molecule has 186 valence electrons. The van der Waals surface area contributed by atoms with E-state index in [4.69, 9.17) is 9.15 Å². The molecule has 36 heavy (non-hydrogen) atoms. The normalized spacial score (nSPS) is 16.9. The summed E-state index contributed by atoms with van der Waals surface area (Å²) in [5, 5.41) is 0. The highest BCUT2D eigenvalue weighted by Gasteiger charge is 2.22. The first-order valence-corrected chi connectivity index (χ1v) is 13.1. The maximum absolute atomic E-state index is 12.6. The zero-order valence-corrected chi connectivity index (χ0v) is 20.6. The largest absolute Gasteiger partial charge is 0.421 e. The lowest BCUT2D eigenvalue weighted by atomic mass is 9.86. The van der Waals surface area contributed by atoms with E-state index in [1.807, 2.05) is 12.1 Å². The van der Waals surface area contributed by atoms with Crippen LogP contribution in [0.2, 0.25) is 0 Å². The minimum Gasteiger partial charge on any atom is -0.405 e. The third kappa shape index (κ3) is 4.84. The van der Waals surface area contributed by atoms with Crippen molar-refractivity contribution in [3.8, 4) is 11.1 Å². The first-order chi connectivity index (χ1) is 17.7. The molecule has 6 nitrogen and oxygen atoms in total. The molecule has 0 unspecified atom stereocenters. The van der Waals surface area contributed by atoms with Gasteiger partial charge in [0.1, 0.15) is 6.73 Å². The number of aromatic nitrogens is 1. The Kier molecular flexibility index (Phi) is 6.62. The van der Waals surface area contributed by atoms with Gasteiger partial charge in [-0.1, -0.05) is 61.0 Å². The first-order valence-electron chi connectivity index (χ1n) is 13.1. The number of para-hydroxylation sites is 1. The highest BCUT2D eigenvalue weighted by Crippen LogP contribution is 2.29. The van der Waals surface area contributed by atoms with Crippen LogP contribution < -0.4 is 10.7 Å². The average molecular weight is 484 g/mol. The molecule has 2 heterocycles. The van der Waals surface area contributed by atoms with E-state index in [2.05, 4.69) is 70.5 Å². The van der Waals surface area contributed by atoms with Crippen molar-refractivity contribution in [2.75, 3.05) is 37.7 Å². The van der Waals surface area contributed by atoms with E-state index < -0.39 is 0 Å². The molecule has 1 aliphatic heterocycles. The van der Waals surface area contributed by atoms with Crippen LogP contribution in [-0.4, -0.2) is 42.3 Å². The molecule has 6 rings (SSSR count). The number of anilines is 1. The van der Waals surface area contributed by atoms with E-state index in [0.29, 0.717) is 11.5 Å². The van der Waals surface area contributed by atoms with Gasteiger partial charge < -0.3 is 14.1 Å². The van der Waals surface area contributed by atoms with Gasteiger partial charge in [0.25, 0.3) is 0 Å². The van der Waals surface area contributed by atoms with Crippen LogP contribution in [0.15, 0.2) is 82.0 Å². The van der Waals surface area contributed by atoms with Crippen LogP contribution in [0.4, 0.5) is 5.69 Å². The van der Waals surface area contributed by atoms with Gasteiger partial charge in [0.15, 0.2) is 5.58 Å². The van der Waals surface area contributed by atoms with Gasteiger partial charge in [0.05, 0.1) is 17.8 Å². The second kappa shape index (κ2) is 10.3. The van der Waals surface area contributed by atoms with Gasteiger partial charge in [-0.2, -0.15) is 0 Å². The number of rotatable bonds is 8. The van der Waals surface area contributed by atoms with Crippen LogP contribution in [0.25, 0.3) is 22.2 Å². The maximum Gasteiger partial charge on any atom is 0.421 e. The zero-order valence-electron chi connectivity index (χ0n) is 20.6. The molecule has 2 aliphatic rings. The average Bonchev–Trinajstić information content (AvgIpc) is 3.22. The third-order valence-corrected chi connectivity index (χ3v) is 7.63. The fourth-order valence-corrected chi connectivity index (χ4v) is 5.30. The molecule has 1 aromatic heterocycles. The quantitative estimate of drug-likeness (QED) is 0.338. The fourth-order valence-electron chi connectivity index (χ4n) is 5.30. The number of oxazole rings is 1. The lowest BCUT2D eigenvalue weighted by Crippen LogP contribution is -2.46. The van der Waals surface area contributed by atoms with E-state index in [1.165, 1.54) is 36.0 Å². The highest BCUT2D eigenvalue weighted by molar-refractivity contribution is 5.87. The van der Waals surface area contributed by atoms with Gasteiger partial charge in [-0.25, -0.2) is 9.36 Å². The van der Waals surface area contributed by atoms with Gasteiger partial charge in [-0.05, 0) is 53.6 Å². The predicted molar refractivity (Wildman–Crippen MR) is 143 cm³/mol. The molecule has 0 N–H and O–H groups in total. The Morgan fingerprint density at radius 2 is 1.64 bits per heavy atom. The van der Waals surface area contributed by atoms with E-state index in [0.717, 1.165) is 50.5 Å².